The van der Waals surface area contributed by atoms with Crippen LogP contribution in [0.25, 0.3) is 0 Å². The third-order valence-electron chi connectivity index (χ3n) is 3.59. The maximum atomic E-state index is 11.0. The lowest BCUT2D eigenvalue weighted by Gasteiger charge is -2.38. The molecule has 1 aliphatic heterocycles. The van der Waals surface area contributed by atoms with Crippen molar-refractivity contribution in [2.75, 3.05) is 25.5 Å². The van der Waals surface area contributed by atoms with Gasteiger partial charge in [0.1, 0.15) is 0 Å². The van der Waals surface area contributed by atoms with Crippen molar-refractivity contribution >= 4 is 47.2 Å². The van der Waals surface area contributed by atoms with Crippen LogP contribution in [-0.4, -0.2) is 48.1 Å². The highest BCUT2D eigenvalue weighted by atomic mass is 35.5. The number of ether oxygens (including phenoxy) is 1. The van der Waals surface area contributed by atoms with E-state index in [2.05, 4.69) is 15.2 Å². The number of piperidine rings is 1. The van der Waals surface area contributed by atoms with E-state index < -0.39 is 0 Å². The summed E-state index contributed by atoms with van der Waals surface area (Å²) in [6.07, 6.45) is 2.30. The first-order valence-electron chi connectivity index (χ1n) is 6.81. The molecule has 0 radical (unpaired) electrons. The minimum atomic E-state index is -0.0911. The number of methoxy groups -OCH3 is 1. The largest absolute Gasteiger partial charge is 0.381 e. The molecule has 0 spiro atoms. The normalized spacial score (nSPS) is 21.6. The number of nitrogens with two attached hydrogens (primary N) is 1. The fourth-order valence-electron chi connectivity index (χ4n) is 2.53. The molecule has 1 fully saturated rings. The minimum absolute atomic E-state index is 0. The highest BCUT2D eigenvalue weighted by Gasteiger charge is 2.27. The molecule has 6 nitrogen and oxygen atoms in total. The smallest absolute Gasteiger partial charge is 0.223 e. The number of carbonyl (C=O) groups is 1. The fourth-order valence-corrected chi connectivity index (χ4v) is 3.27. The van der Waals surface area contributed by atoms with Gasteiger partial charge in [-0.3, -0.25) is 9.69 Å². The van der Waals surface area contributed by atoms with E-state index >= 15 is 0 Å². The molecule has 1 aliphatic rings. The summed E-state index contributed by atoms with van der Waals surface area (Å²) < 4.78 is 5.43. The van der Waals surface area contributed by atoms with E-state index in [4.69, 9.17) is 10.5 Å². The minimum Gasteiger partial charge on any atom is -0.381 e. The van der Waals surface area contributed by atoms with E-state index in [-0.39, 0.29) is 30.7 Å². The van der Waals surface area contributed by atoms with Crippen molar-refractivity contribution in [3.8, 4) is 0 Å². The van der Waals surface area contributed by atoms with Gasteiger partial charge in [-0.15, -0.1) is 36.2 Å². The van der Waals surface area contributed by atoms with Crippen LogP contribution in [0.1, 0.15) is 25.5 Å². The summed E-state index contributed by atoms with van der Waals surface area (Å²) in [6, 6.07) is 0.333. The molecule has 9 heteroatoms. The molecule has 0 saturated carbocycles. The molecule has 1 aromatic rings. The van der Waals surface area contributed by atoms with E-state index in [1.165, 1.54) is 18.3 Å². The average molecular weight is 371 g/mol. The first-order valence-corrected chi connectivity index (χ1v) is 7.69. The van der Waals surface area contributed by atoms with E-state index in [0.29, 0.717) is 23.8 Å². The van der Waals surface area contributed by atoms with Gasteiger partial charge in [-0.25, -0.2) is 4.98 Å². The molecular formula is C13H24Cl2N4O2S. The van der Waals surface area contributed by atoms with Gasteiger partial charge in [-0.05, 0) is 12.8 Å². The Labute approximate surface area is 147 Å². The van der Waals surface area contributed by atoms with Gasteiger partial charge < -0.3 is 15.8 Å². The Hall–Kier alpha value is -0.440. The second-order valence-corrected chi connectivity index (χ2v) is 5.93. The lowest BCUT2D eigenvalue weighted by molar-refractivity contribution is -0.114. The Balaban J connectivity index is 0.00000220. The highest BCUT2D eigenvalue weighted by Crippen LogP contribution is 2.23. The zero-order chi connectivity index (χ0) is 14.5. The molecule has 2 rings (SSSR count). The lowest BCUT2D eigenvalue weighted by atomic mass is 9.99. The van der Waals surface area contributed by atoms with Crippen molar-refractivity contribution in [1.82, 2.24) is 9.88 Å². The Morgan fingerprint density at radius 2 is 2.32 bits per heavy atom. The fraction of sp³-hybridized carbons (Fsp3) is 0.692. The molecule has 2 unspecified atom stereocenters. The van der Waals surface area contributed by atoms with Gasteiger partial charge in [-0.1, -0.05) is 0 Å². The van der Waals surface area contributed by atoms with E-state index in [0.717, 1.165) is 31.6 Å². The Kier molecular flexibility index (Phi) is 10.1. The monoisotopic (exact) mass is 370 g/mol. The standard InChI is InChI=1S/C13H22N4O2S.2ClH/c1-9(18)15-13-16-10(8-20-13)7-17-4-3-12(19-2)5-11(17)6-14;;/h8,11-12H,3-7,14H2,1-2H3,(H,15,16,18);2*1H. The number of anilines is 1. The molecule has 2 atom stereocenters. The molecule has 0 bridgehead atoms. The van der Waals surface area contributed by atoms with Crippen LogP contribution in [0, 0.1) is 0 Å². The predicted molar refractivity (Wildman–Crippen MR) is 94.2 cm³/mol. The number of halogens is 2. The summed E-state index contributed by atoms with van der Waals surface area (Å²) in [7, 11) is 1.76. The second-order valence-electron chi connectivity index (χ2n) is 5.07. The molecule has 1 saturated heterocycles. The Bertz CT molecular complexity index is 461. The molecule has 0 aromatic carbocycles. The Morgan fingerprint density at radius 1 is 1.59 bits per heavy atom. The lowest BCUT2D eigenvalue weighted by Crippen LogP contribution is -2.48. The van der Waals surface area contributed by atoms with Crippen molar-refractivity contribution in [2.24, 2.45) is 5.73 Å². The third-order valence-corrected chi connectivity index (χ3v) is 4.40. The summed E-state index contributed by atoms with van der Waals surface area (Å²) in [5, 5.41) is 5.35. The number of nitrogens with one attached hydrogen (secondary N) is 1. The number of thiazole rings is 1. The van der Waals surface area contributed by atoms with Crippen LogP contribution in [0.4, 0.5) is 5.13 Å². The quantitative estimate of drug-likeness (QED) is 0.826. The molecular weight excluding hydrogens is 347 g/mol. The van der Waals surface area contributed by atoms with Crippen LogP contribution in [0.3, 0.4) is 0 Å². The number of nitrogens with zero attached hydrogens (tertiary/aromatic N) is 2. The summed E-state index contributed by atoms with van der Waals surface area (Å²) >= 11 is 1.45. The van der Waals surface area contributed by atoms with Gasteiger partial charge >= 0.3 is 0 Å². The number of rotatable bonds is 5. The summed E-state index contributed by atoms with van der Waals surface area (Å²) in [5.41, 5.74) is 6.84. The first-order chi connectivity index (χ1) is 9.62. The summed E-state index contributed by atoms with van der Waals surface area (Å²) in [6.45, 7) is 3.85. The number of likely N-dealkylation sites (tertiary alicyclic amines) is 1. The third kappa shape index (κ3) is 5.98. The van der Waals surface area contributed by atoms with E-state index in [1.54, 1.807) is 7.11 Å². The number of carbonyl (C=O) groups excluding carboxylic acids is 1. The van der Waals surface area contributed by atoms with Crippen molar-refractivity contribution in [1.29, 1.82) is 0 Å². The van der Waals surface area contributed by atoms with E-state index in [9.17, 15) is 4.79 Å². The van der Waals surface area contributed by atoms with Crippen molar-refractivity contribution in [3.63, 3.8) is 0 Å². The molecule has 1 amide bonds. The molecule has 0 aliphatic carbocycles. The van der Waals surface area contributed by atoms with E-state index in [1.807, 2.05) is 5.38 Å². The number of amides is 1. The molecule has 22 heavy (non-hydrogen) atoms. The van der Waals surface area contributed by atoms with Crippen LogP contribution < -0.4 is 11.1 Å². The maximum Gasteiger partial charge on any atom is 0.223 e. The van der Waals surface area contributed by atoms with Crippen LogP contribution in [0.5, 0.6) is 0 Å². The maximum absolute atomic E-state index is 11.0. The highest BCUT2D eigenvalue weighted by molar-refractivity contribution is 7.13. The van der Waals surface area contributed by atoms with Gasteiger partial charge in [0.05, 0.1) is 11.8 Å². The molecule has 3 N–H and O–H groups in total. The van der Waals surface area contributed by atoms with Crippen LogP contribution in [0.15, 0.2) is 5.38 Å². The van der Waals surface area contributed by atoms with Gasteiger partial charge in [-0.2, -0.15) is 0 Å². The van der Waals surface area contributed by atoms with Gasteiger partial charge in [0.15, 0.2) is 5.13 Å². The first kappa shape index (κ1) is 21.6. The topological polar surface area (TPSA) is 80.5 Å². The summed E-state index contributed by atoms with van der Waals surface area (Å²) in [5.74, 6) is -0.0911. The second kappa shape index (κ2) is 10.4. The SMILES string of the molecule is COC1CCN(Cc2csc(NC(C)=O)n2)C(CN)C1.Cl.Cl. The Morgan fingerprint density at radius 3 is 2.91 bits per heavy atom. The van der Waals surface area contributed by atoms with Crippen LogP contribution >= 0.6 is 36.2 Å². The molecule has 128 valence electrons. The zero-order valence-corrected chi connectivity index (χ0v) is 15.2. The molecule has 1 aromatic heterocycles. The number of aromatic nitrogens is 1. The van der Waals surface area contributed by atoms with Crippen LogP contribution in [-0.2, 0) is 16.1 Å². The van der Waals surface area contributed by atoms with Gasteiger partial charge in [0, 0.05) is 45.1 Å². The van der Waals surface area contributed by atoms with Crippen molar-refractivity contribution in [2.45, 2.75) is 38.5 Å². The number of hydrogen-bond acceptors (Lipinski definition) is 6. The van der Waals surface area contributed by atoms with Gasteiger partial charge in [0.2, 0.25) is 5.91 Å². The molecule has 2 heterocycles. The van der Waals surface area contributed by atoms with Crippen molar-refractivity contribution in [3.05, 3.63) is 11.1 Å². The predicted octanol–water partition coefficient (Wildman–Crippen LogP) is 1.88. The average Bonchev–Trinajstić information content (AvgIpc) is 2.85. The van der Waals surface area contributed by atoms with Gasteiger partial charge in [0.25, 0.3) is 0 Å². The zero-order valence-electron chi connectivity index (χ0n) is 12.8. The van der Waals surface area contributed by atoms with Crippen molar-refractivity contribution < 1.29 is 9.53 Å². The van der Waals surface area contributed by atoms with Crippen LogP contribution in [0.2, 0.25) is 0 Å². The number of hydrogen-bond donors (Lipinski definition) is 2. The summed E-state index contributed by atoms with van der Waals surface area (Å²) in [4.78, 5) is 17.8.